The zero-order chi connectivity index (χ0) is 15.5. The molecule has 2 amide bonds. The average molecular weight is 308 g/mol. The maximum Gasteiger partial charge on any atom is 0.313 e. The molecule has 1 aliphatic carbocycles. The van der Waals surface area contributed by atoms with Crippen LogP contribution >= 0.6 is 11.8 Å². The normalized spacial score (nSPS) is 16.9. The lowest BCUT2D eigenvalue weighted by Gasteiger charge is -2.23. The Labute approximate surface area is 128 Å². The Bertz CT molecular complexity index is 541. The van der Waals surface area contributed by atoms with Crippen LogP contribution in [0.3, 0.4) is 0 Å². The van der Waals surface area contributed by atoms with Crippen molar-refractivity contribution in [2.24, 2.45) is 5.92 Å². The summed E-state index contributed by atoms with van der Waals surface area (Å²) in [5, 5.41) is 15.2. The number of thioether (sulfide) groups is 1. The lowest BCUT2D eigenvalue weighted by atomic mass is 10.0. The van der Waals surface area contributed by atoms with Crippen LogP contribution in [0, 0.1) is 5.92 Å². The van der Waals surface area contributed by atoms with Gasteiger partial charge in [-0.2, -0.15) is 0 Å². The topological polar surface area (TPSA) is 78.4 Å². The number of carbonyl (C=O) groups is 2. The zero-order valence-electron chi connectivity index (χ0n) is 12.2. The summed E-state index contributed by atoms with van der Waals surface area (Å²) in [6, 6.07) is 7.28. The monoisotopic (exact) mass is 308 g/mol. The fourth-order valence-electron chi connectivity index (χ4n) is 2.12. The fraction of sp³-hybridized carbons (Fsp3) is 0.467. The van der Waals surface area contributed by atoms with Gasteiger partial charge in [0.05, 0.1) is 11.3 Å². The van der Waals surface area contributed by atoms with E-state index in [1.807, 2.05) is 18.4 Å². The molecule has 2 rings (SSSR count). The fourth-order valence-corrected chi connectivity index (χ4v) is 2.67. The molecule has 6 heteroatoms. The second-order valence-electron chi connectivity index (χ2n) is 5.47. The lowest BCUT2D eigenvalue weighted by Crippen LogP contribution is -2.45. The minimum atomic E-state index is -0.937. The first-order valence-electron chi connectivity index (χ1n) is 6.88. The molecule has 1 saturated carbocycles. The number of hydrogen-bond donors (Lipinski definition) is 3. The molecule has 0 aromatic heterocycles. The summed E-state index contributed by atoms with van der Waals surface area (Å²) in [7, 11) is 0. The number of benzene rings is 1. The molecule has 0 heterocycles. The number of hydrogen-bond acceptors (Lipinski definition) is 4. The third-order valence-electron chi connectivity index (χ3n) is 3.63. The molecule has 1 aromatic rings. The number of rotatable bonds is 5. The van der Waals surface area contributed by atoms with Crippen molar-refractivity contribution in [3.63, 3.8) is 0 Å². The minimum absolute atomic E-state index is 0.0914. The van der Waals surface area contributed by atoms with Crippen molar-refractivity contribution in [2.75, 3.05) is 18.1 Å². The summed E-state index contributed by atoms with van der Waals surface area (Å²) in [6.45, 7) is 1.78. The van der Waals surface area contributed by atoms with Crippen molar-refractivity contribution in [1.82, 2.24) is 5.32 Å². The quantitative estimate of drug-likeness (QED) is 0.570. The second kappa shape index (κ2) is 6.49. The molecule has 114 valence electrons. The van der Waals surface area contributed by atoms with Gasteiger partial charge in [0.2, 0.25) is 0 Å². The molecule has 1 atom stereocenters. The maximum atomic E-state index is 11.9. The first-order chi connectivity index (χ1) is 9.94. The molecule has 1 fully saturated rings. The van der Waals surface area contributed by atoms with Crippen LogP contribution in [0.15, 0.2) is 29.2 Å². The Balaban J connectivity index is 1.89. The SMILES string of the molecule is CSc1ccccc1NC(=O)C(=O)NC[C@@](C)(O)C1CC1. The number of para-hydroxylation sites is 1. The van der Waals surface area contributed by atoms with E-state index in [9.17, 15) is 14.7 Å². The molecule has 0 spiro atoms. The van der Waals surface area contributed by atoms with E-state index in [-0.39, 0.29) is 12.5 Å². The number of anilines is 1. The highest BCUT2D eigenvalue weighted by Gasteiger charge is 2.40. The second-order valence-corrected chi connectivity index (χ2v) is 6.32. The molecule has 21 heavy (non-hydrogen) atoms. The van der Waals surface area contributed by atoms with Gasteiger partial charge in [0.25, 0.3) is 0 Å². The molecule has 1 aliphatic rings. The van der Waals surface area contributed by atoms with Crippen LogP contribution in [-0.2, 0) is 9.59 Å². The van der Waals surface area contributed by atoms with E-state index in [4.69, 9.17) is 0 Å². The van der Waals surface area contributed by atoms with Gasteiger partial charge in [0.1, 0.15) is 0 Å². The number of nitrogens with one attached hydrogen (secondary N) is 2. The molecule has 5 nitrogen and oxygen atoms in total. The van der Waals surface area contributed by atoms with E-state index >= 15 is 0 Å². The summed E-state index contributed by atoms with van der Waals surface area (Å²) >= 11 is 1.49. The Hall–Kier alpha value is -1.53. The lowest BCUT2D eigenvalue weighted by molar-refractivity contribution is -0.136. The van der Waals surface area contributed by atoms with Crippen molar-refractivity contribution in [2.45, 2.75) is 30.3 Å². The Morgan fingerprint density at radius 2 is 2.00 bits per heavy atom. The molecular weight excluding hydrogens is 288 g/mol. The third-order valence-corrected chi connectivity index (χ3v) is 4.42. The Kier molecular flexibility index (Phi) is 4.90. The summed E-state index contributed by atoms with van der Waals surface area (Å²) in [4.78, 5) is 24.6. The number of carbonyl (C=O) groups excluding carboxylic acids is 2. The molecule has 0 radical (unpaired) electrons. The molecule has 0 saturated heterocycles. The predicted molar refractivity (Wildman–Crippen MR) is 83.2 cm³/mol. The predicted octanol–water partition coefficient (Wildman–Crippen LogP) is 1.62. The summed E-state index contributed by atoms with van der Waals surface area (Å²) in [5.41, 5.74) is -0.327. The van der Waals surface area contributed by atoms with Crippen molar-refractivity contribution >= 4 is 29.3 Å². The van der Waals surface area contributed by atoms with Crippen LogP contribution in [-0.4, -0.2) is 35.3 Å². The van der Waals surface area contributed by atoms with Gasteiger partial charge in [-0.05, 0) is 44.1 Å². The van der Waals surface area contributed by atoms with Gasteiger partial charge in [-0.15, -0.1) is 11.8 Å². The van der Waals surface area contributed by atoms with Gasteiger partial charge < -0.3 is 15.7 Å². The summed E-state index contributed by atoms with van der Waals surface area (Å²) in [5.74, 6) is -1.23. The first kappa shape index (κ1) is 15.9. The van der Waals surface area contributed by atoms with Crippen LogP contribution in [0.25, 0.3) is 0 Å². The largest absolute Gasteiger partial charge is 0.388 e. The van der Waals surface area contributed by atoms with Crippen molar-refractivity contribution < 1.29 is 14.7 Å². The smallest absolute Gasteiger partial charge is 0.313 e. The van der Waals surface area contributed by atoms with Gasteiger partial charge in [0.15, 0.2) is 0 Å². The van der Waals surface area contributed by atoms with Crippen LogP contribution in [0.5, 0.6) is 0 Å². The van der Waals surface area contributed by atoms with Crippen LogP contribution in [0.1, 0.15) is 19.8 Å². The van der Waals surface area contributed by atoms with E-state index in [0.29, 0.717) is 5.69 Å². The van der Waals surface area contributed by atoms with E-state index in [1.54, 1.807) is 19.1 Å². The first-order valence-corrected chi connectivity index (χ1v) is 8.11. The van der Waals surface area contributed by atoms with Gasteiger partial charge in [-0.3, -0.25) is 9.59 Å². The van der Waals surface area contributed by atoms with E-state index < -0.39 is 17.4 Å². The van der Waals surface area contributed by atoms with Gasteiger partial charge in [-0.25, -0.2) is 0 Å². The minimum Gasteiger partial charge on any atom is -0.388 e. The summed E-state index contributed by atoms with van der Waals surface area (Å²) < 4.78 is 0. The van der Waals surface area contributed by atoms with Gasteiger partial charge in [0, 0.05) is 11.4 Å². The highest BCUT2D eigenvalue weighted by atomic mass is 32.2. The van der Waals surface area contributed by atoms with Crippen molar-refractivity contribution in [3.8, 4) is 0 Å². The Morgan fingerprint density at radius 3 is 2.62 bits per heavy atom. The van der Waals surface area contributed by atoms with E-state index in [2.05, 4.69) is 10.6 Å². The van der Waals surface area contributed by atoms with Crippen molar-refractivity contribution in [3.05, 3.63) is 24.3 Å². The van der Waals surface area contributed by atoms with Crippen molar-refractivity contribution in [1.29, 1.82) is 0 Å². The number of amides is 2. The standard InChI is InChI=1S/C15H20N2O3S/c1-15(20,10-7-8-10)9-16-13(18)14(19)17-11-5-3-4-6-12(11)21-2/h3-6,10,20H,7-9H2,1-2H3,(H,16,18)(H,17,19)/t15-/m1/s1. The maximum absolute atomic E-state index is 11.9. The number of aliphatic hydroxyl groups is 1. The van der Waals surface area contributed by atoms with Crippen LogP contribution in [0.2, 0.25) is 0 Å². The molecule has 0 bridgehead atoms. The third kappa shape index (κ3) is 4.22. The Morgan fingerprint density at radius 1 is 1.33 bits per heavy atom. The molecular formula is C15H20N2O3S. The molecule has 0 aliphatic heterocycles. The van der Waals surface area contributed by atoms with E-state index in [0.717, 1.165) is 17.7 Å². The average Bonchev–Trinajstić information content (AvgIpc) is 3.30. The highest BCUT2D eigenvalue weighted by molar-refractivity contribution is 7.98. The summed E-state index contributed by atoms with van der Waals surface area (Å²) in [6.07, 6.45) is 3.84. The van der Waals surface area contributed by atoms with Gasteiger partial charge in [-0.1, -0.05) is 12.1 Å². The van der Waals surface area contributed by atoms with Gasteiger partial charge >= 0.3 is 11.8 Å². The zero-order valence-corrected chi connectivity index (χ0v) is 13.0. The van der Waals surface area contributed by atoms with Crippen LogP contribution < -0.4 is 10.6 Å². The highest BCUT2D eigenvalue weighted by Crippen LogP contribution is 2.38. The molecule has 1 aromatic carbocycles. The van der Waals surface area contributed by atoms with Crippen LogP contribution in [0.4, 0.5) is 5.69 Å². The van der Waals surface area contributed by atoms with E-state index in [1.165, 1.54) is 11.8 Å². The molecule has 3 N–H and O–H groups in total. The molecule has 0 unspecified atom stereocenters.